The Morgan fingerprint density at radius 3 is 2.89 bits per heavy atom. The SMILES string of the molecule is COCCCC(=O)Nc1cccc(F)c1C(N)=S. The average Bonchev–Trinajstić information content (AvgIpc) is 2.28. The van der Waals surface area contributed by atoms with Crippen LogP contribution in [0.15, 0.2) is 18.2 Å². The van der Waals surface area contributed by atoms with Gasteiger partial charge in [0.15, 0.2) is 0 Å². The summed E-state index contributed by atoms with van der Waals surface area (Å²) in [5, 5.41) is 2.59. The summed E-state index contributed by atoms with van der Waals surface area (Å²) in [5.41, 5.74) is 5.79. The smallest absolute Gasteiger partial charge is 0.224 e. The number of carbonyl (C=O) groups is 1. The third-order valence-electron chi connectivity index (χ3n) is 2.29. The standard InChI is InChI=1S/C12H15FN2O2S/c1-17-7-3-6-10(16)15-9-5-2-4-8(13)11(9)12(14)18/h2,4-5H,3,6-7H2,1H3,(H2,14,18)(H,15,16). The molecule has 0 radical (unpaired) electrons. The van der Waals surface area contributed by atoms with Gasteiger partial charge in [0.1, 0.15) is 10.8 Å². The van der Waals surface area contributed by atoms with E-state index in [1.165, 1.54) is 12.1 Å². The van der Waals surface area contributed by atoms with E-state index in [-0.39, 0.29) is 16.5 Å². The van der Waals surface area contributed by atoms with Crippen LogP contribution in [0.3, 0.4) is 0 Å². The van der Waals surface area contributed by atoms with Crippen LogP contribution in [0.5, 0.6) is 0 Å². The Labute approximate surface area is 110 Å². The van der Waals surface area contributed by atoms with E-state index in [9.17, 15) is 9.18 Å². The molecule has 0 saturated heterocycles. The molecule has 0 unspecified atom stereocenters. The highest BCUT2D eigenvalue weighted by Crippen LogP contribution is 2.19. The molecule has 4 nitrogen and oxygen atoms in total. The summed E-state index contributed by atoms with van der Waals surface area (Å²) in [5.74, 6) is -0.771. The Hall–Kier alpha value is -1.53. The van der Waals surface area contributed by atoms with E-state index in [1.54, 1.807) is 13.2 Å². The highest BCUT2D eigenvalue weighted by Gasteiger charge is 2.12. The van der Waals surface area contributed by atoms with Crippen LogP contribution in [0.1, 0.15) is 18.4 Å². The molecule has 0 aliphatic carbocycles. The van der Waals surface area contributed by atoms with Crippen LogP contribution in [0, 0.1) is 5.82 Å². The van der Waals surface area contributed by atoms with Crippen LogP contribution >= 0.6 is 12.2 Å². The number of rotatable bonds is 6. The normalized spacial score (nSPS) is 10.1. The van der Waals surface area contributed by atoms with Gasteiger partial charge in [0, 0.05) is 20.1 Å². The van der Waals surface area contributed by atoms with Gasteiger partial charge < -0.3 is 15.8 Å². The van der Waals surface area contributed by atoms with Crippen molar-refractivity contribution in [3.8, 4) is 0 Å². The quantitative estimate of drug-likeness (QED) is 0.611. The zero-order valence-corrected chi connectivity index (χ0v) is 10.8. The molecule has 6 heteroatoms. The topological polar surface area (TPSA) is 64.3 Å². The lowest BCUT2D eigenvalue weighted by atomic mass is 10.1. The number of anilines is 1. The first-order valence-corrected chi connectivity index (χ1v) is 5.84. The Kier molecular flexibility index (Phi) is 5.67. The summed E-state index contributed by atoms with van der Waals surface area (Å²) in [6.45, 7) is 0.499. The number of nitrogens with one attached hydrogen (secondary N) is 1. The Bertz CT molecular complexity index is 452. The van der Waals surface area contributed by atoms with Gasteiger partial charge in [-0.15, -0.1) is 0 Å². The fraction of sp³-hybridized carbons (Fsp3) is 0.333. The first-order chi connectivity index (χ1) is 8.56. The van der Waals surface area contributed by atoms with Gasteiger partial charge in [-0.25, -0.2) is 4.39 Å². The maximum atomic E-state index is 13.5. The van der Waals surface area contributed by atoms with E-state index in [2.05, 4.69) is 5.32 Å². The molecular weight excluding hydrogens is 255 g/mol. The van der Waals surface area contributed by atoms with Gasteiger partial charge in [-0.1, -0.05) is 18.3 Å². The fourth-order valence-electron chi connectivity index (χ4n) is 1.47. The highest BCUT2D eigenvalue weighted by molar-refractivity contribution is 7.80. The van der Waals surface area contributed by atoms with Gasteiger partial charge in [0.2, 0.25) is 5.91 Å². The van der Waals surface area contributed by atoms with Gasteiger partial charge in [0.25, 0.3) is 0 Å². The molecule has 0 saturated carbocycles. The zero-order valence-electron chi connectivity index (χ0n) is 10.0. The number of nitrogens with two attached hydrogens (primary N) is 1. The van der Waals surface area contributed by atoms with Crippen molar-refractivity contribution >= 4 is 28.8 Å². The second kappa shape index (κ2) is 7.03. The molecule has 98 valence electrons. The summed E-state index contributed by atoms with van der Waals surface area (Å²) in [7, 11) is 1.56. The van der Waals surface area contributed by atoms with Crippen molar-refractivity contribution in [1.29, 1.82) is 0 Å². The first-order valence-electron chi connectivity index (χ1n) is 5.43. The second-order valence-electron chi connectivity index (χ2n) is 3.67. The van der Waals surface area contributed by atoms with Crippen molar-refractivity contribution in [2.45, 2.75) is 12.8 Å². The van der Waals surface area contributed by atoms with Crippen LogP contribution in [-0.2, 0) is 9.53 Å². The predicted molar refractivity (Wildman–Crippen MR) is 72.0 cm³/mol. The van der Waals surface area contributed by atoms with Gasteiger partial charge in [-0.3, -0.25) is 4.79 Å². The molecule has 0 fully saturated rings. The van der Waals surface area contributed by atoms with Crippen LogP contribution < -0.4 is 11.1 Å². The van der Waals surface area contributed by atoms with Crippen molar-refractivity contribution in [3.63, 3.8) is 0 Å². The summed E-state index contributed by atoms with van der Waals surface area (Å²) in [4.78, 5) is 11.5. The fourth-order valence-corrected chi connectivity index (χ4v) is 1.68. The molecule has 0 spiro atoms. The lowest BCUT2D eigenvalue weighted by molar-refractivity contribution is -0.116. The molecule has 0 aromatic heterocycles. The molecule has 1 rings (SSSR count). The van der Waals surface area contributed by atoms with E-state index in [1.807, 2.05) is 0 Å². The molecule has 3 N–H and O–H groups in total. The minimum absolute atomic E-state index is 0.0626. The Morgan fingerprint density at radius 2 is 2.28 bits per heavy atom. The summed E-state index contributed by atoms with van der Waals surface area (Å²) < 4.78 is 18.4. The molecule has 0 aliphatic rings. The monoisotopic (exact) mass is 270 g/mol. The number of thiocarbonyl (C=S) groups is 1. The highest BCUT2D eigenvalue weighted by atomic mass is 32.1. The van der Waals surface area contributed by atoms with Gasteiger partial charge in [0.05, 0.1) is 11.3 Å². The van der Waals surface area contributed by atoms with E-state index in [0.29, 0.717) is 25.1 Å². The number of benzene rings is 1. The first kappa shape index (κ1) is 14.5. The molecule has 1 amide bonds. The number of hydrogen-bond donors (Lipinski definition) is 2. The second-order valence-corrected chi connectivity index (χ2v) is 4.11. The van der Waals surface area contributed by atoms with E-state index < -0.39 is 5.82 Å². The van der Waals surface area contributed by atoms with Crippen molar-refractivity contribution in [3.05, 3.63) is 29.6 Å². The largest absolute Gasteiger partial charge is 0.389 e. The van der Waals surface area contributed by atoms with Crippen molar-refractivity contribution in [1.82, 2.24) is 0 Å². The van der Waals surface area contributed by atoms with Crippen LogP contribution in [0.25, 0.3) is 0 Å². The third kappa shape index (κ3) is 4.05. The van der Waals surface area contributed by atoms with Crippen LogP contribution in [0.2, 0.25) is 0 Å². The Balaban J connectivity index is 2.75. The number of carbonyl (C=O) groups excluding carboxylic acids is 1. The van der Waals surface area contributed by atoms with Gasteiger partial charge >= 0.3 is 0 Å². The molecule has 0 heterocycles. The van der Waals surface area contributed by atoms with E-state index in [4.69, 9.17) is 22.7 Å². The molecule has 1 aromatic carbocycles. The summed E-state index contributed by atoms with van der Waals surface area (Å²) in [6.07, 6.45) is 0.890. The van der Waals surface area contributed by atoms with Gasteiger partial charge in [-0.05, 0) is 18.6 Å². The van der Waals surface area contributed by atoms with Crippen LogP contribution in [-0.4, -0.2) is 24.6 Å². The Morgan fingerprint density at radius 1 is 1.56 bits per heavy atom. The number of halogens is 1. The zero-order chi connectivity index (χ0) is 13.5. The molecule has 18 heavy (non-hydrogen) atoms. The van der Waals surface area contributed by atoms with Crippen molar-refractivity contribution in [2.75, 3.05) is 19.0 Å². The van der Waals surface area contributed by atoms with Crippen LogP contribution in [0.4, 0.5) is 10.1 Å². The third-order valence-corrected chi connectivity index (χ3v) is 2.49. The minimum Gasteiger partial charge on any atom is -0.389 e. The molecule has 0 bridgehead atoms. The number of ether oxygens (including phenoxy) is 1. The number of hydrogen-bond acceptors (Lipinski definition) is 3. The summed E-state index contributed by atoms with van der Waals surface area (Å²) in [6, 6.07) is 4.29. The molecule has 0 atom stereocenters. The van der Waals surface area contributed by atoms with E-state index >= 15 is 0 Å². The molecule has 0 aliphatic heterocycles. The molecule has 1 aromatic rings. The number of amides is 1. The molecular formula is C12H15FN2O2S. The lowest BCUT2D eigenvalue weighted by Gasteiger charge is -2.10. The van der Waals surface area contributed by atoms with Crippen molar-refractivity contribution < 1.29 is 13.9 Å². The van der Waals surface area contributed by atoms with E-state index in [0.717, 1.165) is 0 Å². The predicted octanol–water partition coefficient (Wildman–Crippen LogP) is 1.83. The van der Waals surface area contributed by atoms with Crippen molar-refractivity contribution in [2.24, 2.45) is 5.73 Å². The number of methoxy groups -OCH3 is 1. The minimum atomic E-state index is -0.544. The summed E-state index contributed by atoms with van der Waals surface area (Å²) >= 11 is 4.76. The lowest BCUT2D eigenvalue weighted by Crippen LogP contribution is -2.19. The van der Waals surface area contributed by atoms with Gasteiger partial charge in [-0.2, -0.15) is 0 Å². The average molecular weight is 270 g/mol. The maximum absolute atomic E-state index is 13.5. The maximum Gasteiger partial charge on any atom is 0.224 e.